The van der Waals surface area contributed by atoms with Crippen molar-refractivity contribution in [2.75, 3.05) is 0 Å². The molecule has 0 atom stereocenters. The highest BCUT2D eigenvalue weighted by Gasteiger charge is 2.10. The van der Waals surface area contributed by atoms with Crippen LogP contribution in [0.15, 0.2) is 0 Å². The Kier molecular flexibility index (Phi) is 10.7. The molecule has 2 saturated carbocycles. The predicted molar refractivity (Wildman–Crippen MR) is 81.6 cm³/mol. The lowest BCUT2D eigenvalue weighted by Crippen LogP contribution is -2.13. The minimum absolute atomic E-state index is 0.0188. The van der Waals surface area contributed by atoms with Crippen LogP contribution >= 0.6 is 0 Å². The SMILES string of the molecule is O=COC1CCCCCCC1.OC1CCCCCCC1. The summed E-state index contributed by atoms with van der Waals surface area (Å²) in [7, 11) is 0. The molecular weight excluding hydrogens is 252 g/mol. The molecule has 0 heterocycles. The quantitative estimate of drug-likeness (QED) is 0.766. The first-order chi connectivity index (χ1) is 9.83. The van der Waals surface area contributed by atoms with E-state index in [1.165, 1.54) is 64.2 Å². The fourth-order valence-corrected chi connectivity index (χ4v) is 3.07. The zero-order valence-electron chi connectivity index (χ0n) is 12.9. The summed E-state index contributed by atoms with van der Waals surface area (Å²) >= 11 is 0. The van der Waals surface area contributed by atoms with Crippen LogP contribution in [0.1, 0.15) is 89.9 Å². The first-order valence-corrected chi connectivity index (χ1v) is 8.60. The molecule has 0 aromatic rings. The first kappa shape index (κ1) is 17.5. The maximum atomic E-state index is 10.0. The van der Waals surface area contributed by atoms with Crippen molar-refractivity contribution in [1.82, 2.24) is 0 Å². The number of aliphatic hydroxyl groups is 1. The van der Waals surface area contributed by atoms with E-state index in [2.05, 4.69) is 0 Å². The number of carbonyl (C=O) groups is 1. The number of aliphatic hydroxyl groups excluding tert-OH is 1. The summed E-state index contributed by atoms with van der Waals surface area (Å²) in [6, 6.07) is 0. The molecule has 2 fully saturated rings. The van der Waals surface area contributed by atoms with Gasteiger partial charge in [0, 0.05) is 0 Å². The number of hydrogen-bond donors (Lipinski definition) is 1. The van der Waals surface area contributed by atoms with E-state index in [0.717, 1.165) is 25.7 Å². The molecule has 20 heavy (non-hydrogen) atoms. The van der Waals surface area contributed by atoms with E-state index in [9.17, 15) is 9.90 Å². The molecule has 0 spiro atoms. The van der Waals surface area contributed by atoms with Gasteiger partial charge in [0.15, 0.2) is 0 Å². The Morgan fingerprint density at radius 2 is 1.10 bits per heavy atom. The largest absolute Gasteiger partial charge is 0.465 e. The van der Waals surface area contributed by atoms with Gasteiger partial charge in [0.1, 0.15) is 6.10 Å². The van der Waals surface area contributed by atoms with Gasteiger partial charge in [-0.3, -0.25) is 4.79 Å². The van der Waals surface area contributed by atoms with Crippen molar-refractivity contribution in [3.05, 3.63) is 0 Å². The van der Waals surface area contributed by atoms with Gasteiger partial charge in [-0.15, -0.1) is 0 Å². The first-order valence-electron chi connectivity index (χ1n) is 8.60. The molecular formula is C17H32O3. The summed E-state index contributed by atoms with van der Waals surface area (Å²) in [5.74, 6) is 0. The number of ether oxygens (including phenoxy) is 1. The average Bonchev–Trinajstić information content (AvgIpc) is 2.38. The van der Waals surface area contributed by atoms with E-state index in [1.807, 2.05) is 0 Å². The van der Waals surface area contributed by atoms with Crippen LogP contribution < -0.4 is 0 Å². The van der Waals surface area contributed by atoms with E-state index in [-0.39, 0.29) is 12.2 Å². The second-order valence-corrected chi connectivity index (χ2v) is 6.20. The normalized spacial score (nSPS) is 23.2. The number of rotatable bonds is 2. The van der Waals surface area contributed by atoms with Crippen molar-refractivity contribution >= 4 is 6.47 Å². The Bertz CT molecular complexity index is 214. The van der Waals surface area contributed by atoms with Gasteiger partial charge in [-0.05, 0) is 38.5 Å². The fraction of sp³-hybridized carbons (Fsp3) is 0.941. The van der Waals surface area contributed by atoms with Gasteiger partial charge in [-0.1, -0.05) is 51.4 Å². The molecule has 0 bridgehead atoms. The number of hydrogen-bond acceptors (Lipinski definition) is 3. The van der Waals surface area contributed by atoms with Crippen LogP contribution in [0, 0.1) is 0 Å². The average molecular weight is 284 g/mol. The molecule has 2 aliphatic rings. The van der Waals surface area contributed by atoms with E-state index in [0.29, 0.717) is 6.47 Å². The Morgan fingerprint density at radius 3 is 1.55 bits per heavy atom. The molecule has 1 N–H and O–H groups in total. The van der Waals surface area contributed by atoms with Crippen molar-refractivity contribution in [3.8, 4) is 0 Å². The van der Waals surface area contributed by atoms with Crippen LogP contribution in [0.5, 0.6) is 0 Å². The molecule has 118 valence electrons. The molecule has 0 amide bonds. The molecule has 0 unspecified atom stereocenters. The van der Waals surface area contributed by atoms with E-state index >= 15 is 0 Å². The highest BCUT2D eigenvalue weighted by Crippen LogP contribution is 2.18. The lowest BCUT2D eigenvalue weighted by Gasteiger charge is -2.17. The Balaban J connectivity index is 0.000000204. The van der Waals surface area contributed by atoms with E-state index in [4.69, 9.17) is 4.74 Å². The molecule has 3 heteroatoms. The molecule has 0 saturated heterocycles. The molecule has 0 aromatic heterocycles. The van der Waals surface area contributed by atoms with Gasteiger partial charge in [-0.25, -0.2) is 0 Å². The molecule has 2 aliphatic carbocycles. The van der Waals surface area contributed by atoms with Crippen molar-refractivity contribution < 1.29 is 14.6 Å². The molecule has 2 rings (SSSR count). The van der Waals surface area contributed by atoms with Gasteiger partial charge < -0.3 is 9.84 Å². The van der Waals surface area contributed by atoms with Gasteiger partial charge in [0.25, 0.3) is 6.47 Å². The summed E-state index contributed by atoms with van der Waals surface area (Å²) in [4.78, 5) is 10.0. The molecule has 0 aliphatic heterocycles. The maximum absolute atomic E-state index is 10.0. The van der Waals surface area contributed by atoms with Crippen LogP contribution in [0.2, 0.25) is 0 Å². The lowest BCUT2D eigenvalue weighted by molar-refractivity contribution is -0.134. The predicted octanol–water partition coefficient (Wildman–Crippen LogP) is 4.36. The number of carbonyl (C=O) groups excluding carboxylic acids is 1. The second kappa shape index (κ2) is 12.2. The highest BCUT2D eigenvalue weighted by atomic mass is 16.5. The zero-order chi connectivity index (χ0) is 14.5. The van der Waals surface area contributed by atoms with Gasteiger partial charge in [0.2, 0.25) is 0 Å². The van der Waals surface area contributed by atoms with E-state index < -0.39 is 0 Å². The third kappa shape index (κ3) is 9.35. The minimum Gasteiger partial charge on any atom is -0.465 e. The Hall–Kier alpha value is -0.570. The Labute approximate surface area is 124 Å². The van der Waals surface area contributed by atoms with Gasteiger partial charge >= 0.3 is 0 Å². The highest BCUT2D eigenvalue weighted by molar-refractivity contribution is 5.37. The third-order valence-corrected chi connectivity index (χ3v) is 4.37. The molecule has 0 aromatic carbocycles. The van der Waals surface area contributed by atoms with Gasteiger partial charge in [-0.2, -0.15) is 0 Å². The summed E-state index contributed by atoms with van der Waals surface area (Å²) in [6.07, 6.45) is 17.4. The molecule has 3 nitrogen and oxygen atoms in total. The standard InChI is InChI=1S/C9H16O2.C8H16O/c10-8-11-9-6-4-2-1-3-5-7-9;9-8-6-4-2-1-3-5-7-8/h8-9H,1-7H2;8-9H,1-7H2. The summed E-state index contributed by atoms with van der Waals surface area (Å²) in [6.45, 7) is 0.590. The van der Waals surface area contributed by atoms with Gasteiger partial charge in [0.05, 0.1) is 6.10 Å². The van der Waals surface area contributed by atoms with Crippen molar-refractivity contribution in [2.24, 2.45) is 0 Å². The van der Waals surface area contributed by atoms with Crippen LogP contribution in [0.3, 0.4) is 0 Å². The van der Waals surface area contributed by atoms with Crippen LogP contribution in [-0.4, -0.2) is 23.8 Å². The summed E-state index contributed by atoms with van der Waals surface area (Å²) < 4.78 is 4.94. The maximum Gasteiger partial charge on any atom is 0.293 e. The minimum atomic E-state index is 0.0188. The zero-order valence-corrected chi connectivity index (χ0v) is 12.9. The van der Waals surface area contributed by atoms with E-state index in [1.54, 1.807) is 0 Å². The van der Waals surface area contributed by atoms with Crippen LogP contribution in [0.4, 0.5) is 0 Å². The fourth-order valence-electron chi connectivity index (χ4n) is 3.07. The van der Waals surface area contributed by atoms with Crippen molar-refractivity contribution in [1.29, 1.82) is 0 Å². The smallest absolute Gasteiger partial charge is 0.293 e. The summed E-state index contributed by atoms with van der Waals surface area (Å²) in [5, 5.41) is 9.21. The Morgan fingerprint density at radius 1 is 0.700 bits per heavy atom. The van der Waals surface area contributed by atoms with Crippen molar-refractivity contribution in [3.63, 3.8) is 0 Å². The monoisotopic (exact) mass is 284 g/mol. The van der Waals surface area contributed by atoms with Crippen LogP contribution in [-0.2, 0) is 9.53 Å². The second-order valence-electron chi connectivity index (χ2n) is 6.20. The summed E-state index contributed by atoms with van der Waals surface area (Å²) in [5.41, 5.74) is 0. The molecule has 0 radical (unpaired) electrons. The van der Waals surface area contributed by atoms with Crippen molar-refractivity contribution in [2.45, 2.75) is 102 Å². The topological polar surface area (TPSA) is 46.5 Å². The lowest BCUT2D eigenvalue weighted by atomic mass is 9.99. The third-order valence-electron chi connectivity index (χ3n) is 4.37. The van der Waals surface area contributed by atoms with Crippen LogP contribution in [0.25, 0.3) is 0 Å².